The van der Waals surface area contributed by atoms with E-state index in [4.69, 9.17) is 5.73 Å². The number of unbranched alkanes of at least 4 members (excludes halogenated alkanes) is 1. The number of hydrogen-bond acceptors (Lipinski definition) is 5. The molecule has 0 aliphatic carbocycles. The van der Waals surface area contributed by atoms with Crippen LogP contribution in [0.2, 0.25) is 0 Å². The number of sulfonamides is 1. The SMILES string of the molecule is CCCCNC(=O)c1ccccc1S(=O)(=O)Nc1cncc(N)c1. The third-order valence-electron chi connectivity index (χ3n) is 3.25. The third kappa shape index (κ3) is 4.45. The monoisotopic (exact) mass is 348 g/mol. The Morgan fingerprint density at radius 2 is 2.00 bits per heavy atom. The molecule has 0 aliphatic heterocycles. The predicted octanol–water partition coefficient (Wildman–Crippen LogP) is 1.99. The van der Waals surface area contributed by atoms with E-state index < -0.39 is 15.9 Å². The number of carbonyl (C=O) groups excluding carboxylic acids is 1. The lowest BCUT2D eigenvalue weighted by atomic mass is 10.2. The number of benzene rings is 1. The van der Waals surface area contributed by atoms with E-state index in [-0.39, 0.29) is 16.1 Å². The zero-order chi connectivity index (χ0) is 17.6. The number of hydrogen-bond donors (Lipinski definition) is 3. The maximum Gasteiger partial charge on any atom is 0.262 e. The fourth-order valence-corrected chi connectivity index (χ4v) is 3.33. The number of nitrogen functional groups attached to an aromatic ring is 1. The molecular formula is C16H20N4O3S. The van der Waals surface area contributed by atoms with Gasteiger partial charge in [-0.05, 0) is 24.6 Å². The van der Waals surface area contributed by atoms with Gasteiger partial charge in [-0.25, -0.2) is 8.42 Å². The summed E-state index contributed by atoms with van der Waals surface area (Å²) in [5.41, 5.74) is 6.26. The summed E-state index contributed by atoms with van der Waals surface area (Å²) in [6.45, 7) is 2.50. The van der Waals surface area contributed by atoms with Gasteiger partial charge in [0.2, 0.25) is 0 Å². The number of nitrogens with zero attached hydrogens (tertiary/aromatic N) is 1. The van der Waals surface area contributed by atoms with Gasteiger partial charge in [-0.1, -0.05) is 25.5 Å². The number of rotatable bonds is 7. The quantitative estimate of drug-likeness (QED) is 0.662. The number of amides is 1. The molecule has 4 N–H and O–H groups in total. The molecule has 0 aliphatic rings. The number of anilines is 2. The highest BCUT2D eigenvalue weighted by atomic mass is 32.2. The van der Waals surface area contributed by atoms with Crippen molar-refractivity contribution in [2.24, 2.45) is 0 Å². The highest BCUT2D eigenvalue weighted by Gasteiger charge is 2.22. The summed E-state index contributed by atoms with van der Waals surface area (Å²) >= 11 is 0. The van der Waals surface area contributed by atoms with Crippen LogP contribution >= 0.6 is 0 Å². The molecule has 1 aromatic heterocycles. The fourth-order valence-electron chi connectivity index (χ4n) is 2.09. The van der Waals surface area contributed by atoms with E-state index in [9.17, 15) is 13.2 Å². The van der Waals surface area contributed by atoms with Crippen molar-refractivity contribution < 1.29 is 13.2 Å². The van der Waals surface area contributed by atoms with Crippen molar-refractivity contribution >= 4 is 27.3 Å². The first-order valence-electron chi connectivity index (χ1n) is 7.54. The van der Waals surface area contributed by atoms with Crippen molar-refractivity contribution in [2.75, 3.05) is 17.0 Å². The van der Waals surface area contributed by atoms with Crippen LogP contribution in [0.25, 0.3) is 0 Å². The van der Waals surface area contributed by atoms with Crippen LogP contribution in [0.5, 0.6) is 0 Å². The number of pyridine rings is 1. The Bertz CT molecular complexity index is 822. The van der Waals surface area contributed by atoms with Gasteiger partial charge in [0.1, 0.15) is 4.90 Å². The van der Waals surface area contributed by atoms with E-state index in [0.29, 0.717) is 12.2 Å². The van der Waals surface area contributed by atoms with Crippen LogP contribution in [-0.4, -0.2) is 25.9 Å². The van der Waals surface area contributed by atoms with Crippen LogP contribution in [0.15, 0.2) is 47.6 Å². The minimum absolute atomic E-state index is 0.0953. The third-order valence-corrected chi connectivity index (χ3v) is 4.69. The average Bonchev–Trinajstić information content (AvgIpc) is 2.54. The first-order valence-corrected chi connectivity index (χ1v) is 9.03. The molecule has 0 atom stereocenters. The zero-order valence-corrected chi connectivity index (χ0v) is 14.1. The number of aromatic nitrogens is 1. The van der Waals surface area contributed by atoms with Gasteiger partial charge in [0, 0.05) is 12.7 Å². The standard InChI is InChI=1S/C16H20N4O3S/c1-2-3-8-19-16(21)14-6-4-5-7-15(14)24(22,23)20-13-9-12(17)10-18-11-13/h4-7,9-11,20H,2-3,8,17H2,1H3,(H,19,21). The summed E-state index contributed by atoms with van der Waals surface area (Å²) in [4.78, 5) is 16.0. The summed E-state index contributed by atoms with van der Waals surface area (Å²) in [7, 11) is -3.94. The van der Waals surface area contributed by atoms with Gasteiger partial charge in [0.15, 0.2) is 0 Å². The molecule has 8 heteroatoms. The first-order chi connectivity index (χ1) is 11.4. The molecule has 2 aromatic rings. The van der Waals surface area contributed by atoms with Gasteiger partial charge < -0.3 is 11.1 Å². The number of nitrogens with two attached hydrogens (primary N) is 1. The van der Waals surface area contributed by atoms with E-state index in [1.807, 2.05) is 6.92 Å². The smallest absolute Gasteiger partial charge is 0.262 e. The van der Waals surface area contributed by atoms with Crippen LogP contribution in [0.3, 0.4) is 0 Å². The van der Waals surface area contributed by atoms with Crippen molar-refractivity contribution in [1.82, 2.24) is 10.3 Å². The second-order valence-corrected chi connectivity index (χ2v) is 6.87. The van der Waals surface area contributed by atoms with Crippen molar-refractivity contribution in [1.29, 1.82) is 0 Å². The topological polar surface area (TPSA) is 114 Å². The number of nitrogens with one attached hydrogen (secondary N) is 2. The second kappa shape index (κ2) is 7.78. The van der Waals surface area contributed by atoms with Crippen LogP contribution in [0.1, 0.15) is 30.1 Å². The molecule has 0 radical (unpaired) electrons. The summed E-state index contributed by atoms with van der Waals surface area (Å²) < 4.78 is 27.6. The molecule has 128 valence electrons. The minimum Gasteiger partial charge on any atom is -0.397 e. The Balaban J connectivity index is 2.28. The molecule has 0 unspecified atom stereocenters. The van der Waals surface area contributed by atoms with Crippen molar-refractivity contribution in [3.8, 4) is 0 Å². The molecule has 0 fully saturated rings. The summed E-state index contributed by atoms with van der Waals surface area (Å²) in [6.07, 6.45) is 4.52. The fraction of sp³-hybridized carbons (Fsp3) is 0.250. The van der Waals surface area contributed by atoms with E-state index in [2.05, 4.69) is 15.0 Å². The first kappa shape index (κ1) is 17.7. The Kier molecular flexibility index (Phi) is 5.75. The average molecular weight is 348 g/mol. The van der Waals surface area contributed by atoms with E-state index >= 15 is 0 Å². The van der Waals surface area contributed by atoms with E-state index in [0.717, 1.165) is 12.8 Å². The second-order valence-electron chi connectivity index (χ2n) is 5.22. The summed E-state index contributed by atoms with van der Waals surface area (Å²) in [6, 6.07) is 7.50. The van der Waals surface area contributed by atoms with Crippen molar-refractivity contribution in [2.45, 2.75) is 24.7 Å². The summed E-state index contributed by atoms with van der Waals surface area (Å²) in [5, 5.41) is 2.72. The van der Waals surface area contributed by atoms with Crippen molar-refractivity contribution in [3.63, 3.8) is 0 Å². The van der Waals surface area contributed by atoms with E-state index in [1.54, 1.807) is 12.1 Å². The Morgan fingerprint density at radius 3 is 2.71 bits per heavy atom. The lowest BCUT2D eigenvalue weighted by molar-refractivity contribution is 0.0950. The van der Waals surface area contributed by atoms with Gasteiger partial charge in [-0.3, -0.25) is 14.5 Å². The Morgan fingerprint density at radius 1 is 1.25 bits per heavy atom. The molecular weight excluding hydrogens is 328 g/mol. The Labute approximate surface area is 141 Å². The summed E-state index contributed by atoms with van der Waals surface area (Å²) in [5.74, 6) is -0.421. The normalized spacial score (nSPS) is 11.0. The maximum absolute atomic E-state index is 12.6. The van der Waals surface area contributed by atoms with Crippen LogP contribution in [0, 0.1) is 0 Å². The van der Waals surface area contributed by atoms with Gasteiger partial charge in [0.25, 0.3) is 15.9 Å². The zero-order valence-electron chi connectivity index (χ0n) is 13.3. The molecule has 0 saturated carbocycles. The van der Waals surface area contributed by atoms with Crippen LogP contribution in [-0.2, 0) is 10.0 Å². The molecule has 1 aromatic carbocycles. The molecule has 7 nitrogen and oxygen atoms in total. The highest BCUT2D eigenvalue weighted by molar-refractivity contribution is 7.92. The van der Waals surface area contributed by atoms with Gasteiger partial charge in [-0.15, -0.1) is 0 Å². The van der Waals surface area contributed by atoms with Crippen molar-refractivity contribution in [3.05, 3.63) is 48.3 Å². The van der Waals surface area contributed by atoms with Gasteiger partial charge >= 0.3 is 0 Å². The predicted molar refractivity (Wildman–Crippen MR) is 93.1 cm³/mol. The van der Waals surface area contributed by atoms with Gasteiger partial charge in [-0.2, -0.15) is 0 Å². The molecule has 1 heterocycles. The van der Waals surface area contributed by atoms with E-state index in [1.165, 1.54) is 30.6 Å². The highest BCUT2D eigenvalue weighted by Crippen LogP contribution is 2.20. The minimum atomic E-state index is -3.94. The van der Waals surface area contributed by atoms with Crippen LogP contribution < -0.4 is 15.8 Å². The van der Waals surface area contributed by atoms with Gasteiger partial charge in [0.05, 0.1) is 23.1 Å². The molecule has 0 spiro atoms. The Hall–Kier alpha value is -2.61. The molecule has 0 saturated heterocycles. The number of carbonyl (C=O) groups is 1. The molecule has 0 bridgehead atoms. The maximum atomic E-state index is 12.6. The van der Waals surface area contributed by atoms with Crippen LogP contribution in [0.4, 0.5) is 11.4 Å². The largest absolute Gasteiger partial charge is 0.397 e. The molecule has 1 amide bonds. The molecule has 2 rings (SSSR count). The lowest BCUT2D eigenvalue weighted by Gasteiger charge is -2.12. The lowest BCUT2D eigenvalue weighted by Crippen LogP contribution is -2.27. The molecule has 24 heavy (non-hydrogen) atoms.